The molecule has 2 aliphatic heterocycles. The number of anilines is 3. The van der Waals surface area contributed by atoms with Crippen LogP contribution in [0.25, 0.3) is 10.9 Å². The number of nitrogens with one attached hydrogen (secondary N) is 2. The van der Waals surface area contributed by atoms with E-state index in [2.05, 4.69) is 20.3 Å². The van der Waals surface area contributed by atoms with Crippen LogP contribution in [0.2, 0.25) is 0 Å². The Labute approximate surface area is 215 Å². The summed E-state index contributed by atoms with van der Waals surface area (Å²) >= 11 is 0. The highest BCUT2D eigenvalue weighted by Gasteiger charge is 2.29. The van der Waals surface area contributed by atoms with E-state index in [1.54, 1.807) is 0 Å². The lowest BCUT2D eigenvalue weighted by molar-refractivity contribution is -0.118. The van der Waals surface area contributed by atoms with Crippen molar-refractivity contribution in [2.75, 3.05) is 41.3 Å². The number of nitrogens with two attached hydrogens (primary N) is 5. The first kappa shape index (κ1) is 25.1. The van der Waals surface area contributed by atoms with Crippen LogP contribution in [0.1, 0.15) is 18.4 Å². The summed E-state index contributed by atoms with van der Waals surface area (Å²) in [6, 6.07) is 6.75. The van der Waals surface area contributed by atoms with Crippen molar-refractivity contribution in [1.29, 1.82) is 0 Å². The topological polar surface area (TPSA) is 220 Å². The molecule has 2 saturated heterocycles. The van der Waals surface area contributed by atoms with E-state index in [1.807, 2.05) is 40.3 Å². The fourth-order valence-corrected chi connectivity index (χ4v) is 5.28. The molecule has 5 rings (SSSR count). The molecule has 2 aliphatic rings. The van der Waals surface area contributed by atoms with Crippen molar-refractivity contribution in [3.05, 3.63) is 36.0 Å². The van der Waals surface area contributed by atoms with E-state index in [1.165, 1.54) is 0 Å². The molecule has 0 spiro atoms. The number of aromatic amines is 1. The number of amides is 1. The van der Waals surface area contributed by atoms with Gasteiger partial charge in [0.25, 0.3) is 0 Å². The van der Waals surface area contributed by atoms with E-state index in [9.17, 15) is 4.79 Å². The molecular weight excluding hydrogens is 472 g/mol. The number of H-pyrrole nitrogens is 1. The van der Waals surface area contributed by atoms with Crippen molar-refractivity contribution < 1.29 is 4.79 Å². The van der Waals surface area contributed by atoms with Gasteiger partial charge in [-0.1, -0.05) is 18.2 Å². The van der Waals surface area contributed by atoms with E-state index in [4.69, 9.17) is 33.7 Å². The van der Waals surface area contributed by atoms with E-state index < -0.39 is 11.9 Å². The van der Waals surface area contributed by atoms with Gasteiger partial charge in [0.05, 0.1) is 0 Å². The average molecular weight is 509 g/mol. The molecule has 5 atom stereocenters. The highest BCUT2D eigenvalue weighted by molar-refractivity contribution is 5.86. The standard InChI is InChI=1S/C24H36N12O/c25-14-6-15(26)10-35(9-14)23-32-22(33-24(34-23)36-11-16(27)7-17(28)12-36)31-20(21(29)37)5-13-8-30-19-4-2-1-3-18(13)19/h1-4,8,14-17,20,30H,5-7,9-12,25-28H2,(H2,29,37)(H,31,32,33,34)/t14-,15+,16-,17+,20?. The number of piperidine rings is 2. The van der Waals surface area contributed by atoms with E-state index >= 15 is 0 Å². The molecular formula is C24H36N12O. The Morgan fingerprint density at radius 3 is 2.00 bits per heavy atom. The molecule has 4 heterocycles. The Bertz CT molecular complexity index is 1180. The molecule has 0 radical (unpaired) electrons. The zero-order valence-corrected chi connectivity index (χ0v) is 20.8. The van der Waals surface area contributed by atoms with Crippen molar-refractivity contribution in [2.45, 2.75) is 49.5 Å². The summed E-state index contributed by atoms with van der Waals surface area (Å²) in [6.45, 7) is 2.24. The van der Waals surface area contributed by atoms with Crippen molar-refractivity contribution in [3.63, 3.8) is 0 Å². The van der Waals surface area contributed by atoms with Gasteiger partial charge in [-0.25, -0.2) is 0 Å². The third kappa shape index (κ3) is 5.74. The summed E-state index contributed by atoms with van der Waals surface area (Å²) in [7, 11) is 0. The predicted octanol–water partition coefficient (Wildman–Crippen LogP) is -1.41. The van der Waals surface area contributed by atoms with Crippen LogP contribution in [0.15, 0.2) is 30.5 Å². The molecule has 1 unspecified atom stereocenters. The van der Waals surface area contributed by atoms with Crippen molar-refractivity contribution >= 4 is 34.7 Å². The highest BCUT2D eigenvalue weighted by atomic mass is 16.1. The number of carbonyl (C=O) groups excluding carboxylic acids is 1. The second-order valence-electron chi connectivity index (χ2n) is 10.2. The number of hydrogen-bond donors (Lipinski definition) is 7. The number of carbonyl (C=O) groups is 1. The van der Waals surface area contributed by atoms with Gasteiger partial charge < -0.3 is 48.8 Å². The Balaban J connectivity index is 1.46. The Morgan fingerprint density at radius 2 is 1.46 bits per heavy atom. The fraction of sp³-hybridized carbons (Fsp3) is 0.500. The summed E-state index contributed by atoms with van der Waals surface area (Å²) in [5.74, 6) is 0.587. The molecule has 1 aromatic carbocycles. The molecule has 37 heavy (non-hydrogen) atoms. The number of fused-ring (bicyclic) bond motifs is 1. The average Bonchev–Trinajstić information content (AvgIpc) is 3.25. The molecule has 0 aliphatic carbocycles. The SMILES string of the molecule is NC(=O)C(Cc1c[nH]c2ccccc12)Nc1nc(N2C[C@H](N)C[C@H](N)C2)nc(N2C[C@H](N)C[C@H](N)C2)n1. The summed E-state index contributed by atoms with van der Waals surface area (Å²) in [6.07, 6.45) is 3.70. The Kier molecular flexibility index (Phi) is 7.11. The summed E-state index contributed by atoms with van der Waals surface area (Å²) in [5, 5.41) is 4.18. The van der Waals surface area contributed by atoms with Crippen molar-refractivity contribution in [3.8, 4) is 0 Å². The molecule has 2 aromatic heterocycles. The third-order valence-electron chi connectivity index (χ3n) is 6.95. The number of aromatic nitrogens is 4. The van der Waals surface area contributed by atoms with Gasteiger partial charge in [-0.05, 0) is 24.5 Å². The lowest BCUT2D eigenvalue weighted by atomic mass is 10.0. The van der Waals surface area contributed by atoms with Gasteiger partial charge in [0.15, 0.2) is 0 Å². The van der Waals surface area contributed by atoms with E-state index in [-0.39, 0.29) is 30.1 Å². The van der Waals surface area contributed by atoms with Crippen LogP contribution in [0, 0.1) is 0 Å². The first-order valence-electron chi connectivity index (χ1n) is 12.6. The minimum Gasteiger partial charge on any atom is -0.368 e. The van der Waals surface area contributed by atoms with Gasteiger partial charge in [0.2, 0.25) is 23.8 Å². The molecule has 13 heteroatoms. The smallest absolute Gasteiger partial charge is 0.240 e. The monoisotopic (exact) mass is 508 g/mol. The number of rotatable bonds is 7. The second-order valence-corrected chi connectivity index (χ2v) is 10.2. The van der Waals surface area contributed by atoms with Crippen LogP contribution >= 0.6 is 0 Å². The fourth-order valence-electron chi connectivity index (χ4n) is 5.28. The lowest BCUT2D eigenvalue weighted by Crippen LogP contribution is -2.54. The molecule has 0 saturated carbocycles. The minimum absolute atomic E-state index is 0.0996. The van der Waals surface area contributed by atoms with Crippen LogP contribution in [0.3, 0.4) is 0 Å². The van der Waals surface area contributed by atoms with Crippen LogP contribution < -0.4 is 43.8 Å². The minimum atomic E-state index is -0.751. The first-order valence-corrected chi connectivity index (χ1v) is 12.6. The molecule has 198 valence electrons. The lowest BCUT2D eigenvalue weighted by Gasteiger charge is -2.37. The third-order valence-corrected chi connectivity index (χ3v) is 6.95. The molecule has 12 N–H and O–H groups in total. The van der Waals surface area contributed by atoms with Gasteiger partial charge in [0, 0.05) is 73.9 Å². The van der Waals surface area contributed by atoms with Gasteiger partial charge in [-0.15, -0.1) is 0 Å². The number of primary amides is 1. The van der Waals surface area contributed by atoms with Crippen LogP contribution in [0.4, 0.5) is 17.8 Å². The Morgan fingerprint density at radius 1 is 0.919 bits per heavy atom. The highest BCUT2D eigenvalue weighted by Crippen LogP contribution is 2.24. The van der Waals surface area contributed by atoms with Crippen molar-refractivity contribution in [1.82, 2.24) is 19.9 Å². The zero-order chi connectivity index (χ0) is 26.1. The van der Waals surface area contributed by atoms with Gasteiger partial charge in [0.1, 0.15) is 6.04 Å². The summed E-state index contributed by atoms with van der Waals surface area (Å²) in [5.41, 5.74) is 32.7. The number of para-hydroxylation sites is 1. The molecule has 2 fully saturated rings. The van der Waals surface area contributed by atoms with Crippen LogP contribution in [-0.4, -0.2) is 82.2 Å². The maximum Gasteiger partial charge on any atom is 0.240 e. The summed E-state index contributed by atoms with van der Waals surface area (Å²) in [4.78, 5) is 33.7. The summed E-state index contributed by atoms with van der Waals surface area (Å²) < 4.78 is 0. The number of benzene rings is 1. The largest absolute Gasteiger partial charge is 0.368 e. The van der Waals surface area contributed by atoms with Crippen molar-refractivity contribution in [2.24, 2.45) is 28.7 Å². The first-order chi connectivity index (χ1) is 17.7. The molecule has 0 bridgehead atoms. The zero-order valence-electron chi connectivity index (χ0n) is 20.8. The van der Waals surface area contributed by atoms with E-state index in [0.29, 0.717) is 44.5 Å². The second kappa shape index (κ2) is 10.5. The van der Waals surface area contributed by atoms with Gasteiger partial charge in [-0.2, -0.15) is 15.0 Å². The van der Waals surface area contributed by atoms with Crippen LogP contribution in [-0.2, 0) is 11.2 Å². The van der Waals surface area contributed by atoms with Gasteiger partial charge >= 0.3 is 0 Å². The molecule has 3 aromatic rings. The number of nitrogens with zero attached hydrogens (tertiary/aromatic N) is 5. The number of hydrogen-bond acceptors (Lipinski definition) is 11. The molecule has 13 nitrogen and oxygen atoms in total. The molecule has 1 amide bonds. The maximum absolute atomic E-state index is 12.5. The Hall–Kier alpha value is -3.52. The van der Waals surface area contributed by atoms with E-state index in [0.717, 1.165) is 29.3 Å². The van der Waals surface area contributed by atoms with Crippen LogP contribution in [0.5, 0.6) is 0 Å². The maximum atomic E-state index is 12.5. The van der Waals surface area contributed by atoms with Gasteiger partial charge in [-0.3, -0.25) is 4.79 Å². The normalized spacial score (nSPS) is 25.3. The quantitative estimate of drug-likeness (QED) is 0.196. The predicted molar refractivity (Wildman–Crippen MR) is 144 cm³/mol.